The van der Waals surface area contributed by atoms with Crippen LogP contribution in [0.15, 0.2) is 36.4 Å². The van der Waals surface area contributed by atoms with Gasteiger partial charge in [0.1, 0.15) is 5.69 Å². The second kappa shape index (κ2) is 7.58. The Morgan fingerprint density at radius 1 is 1.14 bits per heavy atom. The molecule has 0 aromatic heterocycles. The standard InChI is InChI=1S/C21H23F2N3O2/c1-21(2,3)25-20(28)24-19-15(22)11-16-14(18(19)23)9-10-17(27)26(16)12-13-7-5-4-6-8-13/h4-8,11H,9-10,12H2,1-3H3,(H2,24,25,28). The number of urea groups is 1. The first-order valence-corrected chi connectivity index (χ1v) is 9.10. The van der Waals surface area contributed by atoms with E-state index in [1.807, 2.05) is 30.3 Å². The maximum atomic E-state index is 15.0. The Hall–Kier alpha value is -2.96. The van der Waals surface area contributed by atoms with Gasteiger partial charge < -0.3 is 15.5 Å². The lowest BCUT2D eigenvalue weighted by Crippen LogP contribution is -2.43. The van der Waals surface area contributed by atoms with Crippen LogP contribution in [0.1, 0.15) is 38.3 Å². The quantitative estimate of drug-likeness (QED) is 0.822. The molecule has 0 unspecified atom stereocenters. The zero-order valence-electron chi connectivity index (χ0n) is 16.1. The summed E-state index contributed by atoms with van der Waals surface area (Å²) in [5.41, 5.74) is 0.232. The Morgan fingerprint density at radius 3 is 2.46 bits per heavy atom. The van der Waals surface area contributed by atoms with Crippen molar-refractivity contribution in [3.63, 3.8) is 0 Å². The molecular formula is C21H23F2N3O2. The summed E-state index contributed by atoms with van der Waals surface area (Å²) in [5, 5.41) is 4.86. The van der Waals surface area contributed by atoms with Gasteiger partial charge in [0.15, 0.2) is 11.6 Å². The third kappa shape index (κ3) is 4.30. The van der Waals surface area contributed by atoms with Crippen LogP contribution in [0.5, 0.6) is 0 Å². The molecule has 5 nitrogen and oxygen atoms in total. The molecule has 3 amide bonds. The second-order valence-corrected chi connectivity index (χ2v) is 7.84. The van der Waals surface area contributed by atoms with Crippen LogP contribution in [0, 0.1) is 11.6 Å². The van der Waals surface area contributed by atoms with Crippen LogP contribution in [0.2, 0.25) is 0 Å². The normalized spacial score (nSPS) is 13.9. The van der Waals surface area contributed by atoms with E-state index in [0.717, 1.165) is 11.6 Å². The fourth-order valence-electron chi connectivity index (χ4n) is 3.17. The lowest BCUT2D eigenvalue weighted by molar-refractivity contribution is -0.119. The van der Waals surface area contributed by atoms with Crippen LogP contribution in [0.3, 0.4) is 0 Å². The third-order valence-corrected chi connectivity index (χ3v) is 4.39. The molecular weight excluding hydrogens is 364 g/mol. The maximum Gasteiger partial charge on any atom is 0.319 e. The van der Waals surface area contributed by atoms with E-state index in [9.17, 15) is 14.0 Å². The van der Waals surface area contributed by atoms with E-state index in [1.54, 1.807) is 20.8 Å². The number of carbonyl (C=O) groups is 2. The average molecular weight is 387 g/mol. The van der Waals surface area contributed by atoms with Gasteiger partial charge >= 0.3 is 6.03 Å². The Labute approximate surface area is 162 Å². The van der Waals surface area contributed by atoms with E-state index < -0.39 is 28.9 Å². The molecule has 0 atom stereocenters. The Balaban J connectivity index is 1.93. The van der Waals surface area contributed by atoms with Crippen molar-refractivity contribution >= 4 is 23.3 Å². The van der Waals surface area contributed by atoms with Crippen molar-refractivity contribution in [2.75, 3.05) is 10.2 Å². The molecule has 148 valence electrons. The van der Waals surface area contributed by atoms with E-state index in [1.165, 1.54) is 4.90 Å². The second-order valence-electron chi connectivity index (χ2n) is 7.84. The molecule has 0 aliphatic carbocycles. The Kier molecular flexibility index (Phi) is 5.36. The molecule has 2 aromatic rings. The number of fused-ring (bicyclic) bond motifs is 1. The van der Waals surface area contributed by atoms with Crippen LogP contribution < -0.4 is 15.5 Å². The summed E-state index contributed by atoms with van der Waals surface area (Å²) in [6.07, 6.45) is 0.275. The summed E-state index contributed by atoms with van der Waals surface area (Å²) < 4.78 is 29.7. The number of hydrogen-bond donors (Lipinski definition) is 2. The molecule has 2 aromatic carbocycles. The SMILES string of the molecule is CC(C)(C)NC(=O)Nc1c(F)cc2c(c1F)CCC(=O)N2Cc1ccccc1. The molecule has 0 spiro atoms. The van der Waals surface area contributed by atoms with Gasteiger partial charge in [0, 0.05) is 23.6 Å². The molecule has 1 aliphatic heterocycles. The summed E-state index contributed by atoms with van der Waals surface area (Å²) in [7, 11) is 0. The van der Waals surface area contributed by atoms with Gasteiger partial charge in [-0.1, -0.05) is 30.3 Å². The smallest absolute Gasteiger partial charge is 0.319 e. The fraction of sp³-hybridized carbons (Fsp3) is 0.333. The Bertz CT molecular complexity index is 908. The first-order chi connectivity index (χ1) is 13.2. The van der Waals surface area contributed by atoms with E-state index in [2.05, 4.69) is 10.6 Å². The Morgan fingerprint density at radius 2 is 1.82 bits per heavy atom. The molecule has 0 bridgehead atoms. The van der Waals surface area contributed by atoms with Crippen molar-refractivity contribution in [1.29, 1.82) is 0 Å². The van der Waals surface area contributed by atoms with E-state index in [0.29, 0.717) is 0 Å². The van der Waals surface area contributed by atoms with E-state index in [4.69, 9.17) is 0 Å². The predicted octanol–water partition coefficient (Wildman–Crippen LogP) is 4.36. The molecule has 0 radical (unpaired) electrons. The third-order valence-electron chi connectivity index (χ3n) is 4.39. The van der Waals surface area contributed by atoms with E-state index in [-0.39, 0.29) is 36.5 Å². The zero-order chi connectivity index (χ0) is 20.5. The van der Waals surface area contributed by atoms with Crippen LogP contribution in [-0.2, 0) is 17.8 Å². The lowest BCUT2D eigenvalue weighted by Gasteiger charge is -2.30. The molecule has 3 rings (SSSR count). The first-order valence-electron chi connectivity index (χ1n) is 9.10. The molecule has 1 heterocycles. The van der Waals surface area contributed by atoms with Gasteiger partial charge in [0.05, 0.1) is 12.2 Å². The predicted molar refractivity (Wildman–Crippen MR) is 104 cm³/mol. The number of benzene rings is 2. The summed E-state index contributed by atoms with van der Waals surface area (Å²) in [5.74, 6) is -1.96. The molecule has 7 heteroatoms. The number of carbonyl (C=O) groups excluding carboxylic acids is 2. The fourth-order valence-corrected chi connectivity index (χ4v) is 3.17. The monoisotopic (exact) mass is 387 g/mol. The molecule has 28 heavy (non-hydrogen) atoms. The zero-order valence-corrected chi connectivity index (χ0v) is 16.1. The number of anilines is 2. The number of halogens is 2. The summed E-state index contributed by atoms with van der Waals surface area (Å²) >= 11 is 0. The van der Waals surface area contributed by atoms with Crippen LogP contribution in [-0.4, -0.2) is 17.5 Å². The van der Waals surface area contributed by atoms with Crippen molar-refractivity contribution in [3.05, 3.63) is 59.2 Å². The summed E-state index contributed by atoms with van der Waals surface area (Å²) in [6.45, 7) is 5.51. The van der Waals surface area contributed by atoms with Crippen molar-refractivity contribution in [1.82, 2.24) is 5.32 Å². The van der Waals surface area contributed by atoms with Gasteiger partial charge in [-0.2, -0.15) is 0 Å². The topological polar surface area (TPSA) is 61.4 Å². The largest absolute Gasteiger partial charge is 0.333 e. The molecule has 2 N–H and O–H groups in total. The number of rotatable bonds is 3. The molecule has 0 saturated carbocycles. The van der Waals surface area contributed by atoms with E-state index >= 15 is 4.39 Å². The number of hydrogen-bond acceptors (Lipinski definition) is 2. The van der Waals surface area contributed by atoms with Gasteiger partial charge in [-0.15, -0.1) is 0 Å². The number of nitrogens with one attached hydrogen (secondary N) is 2. The van der Waals surface area contributed by atoms with Gasteiger partial charge in [-0.05, 0) is 32.8 Å². The summed E-state index contributed by atoms with van der Waals surface area (Å²) in [4.78, 5) is 25.8. The molecule has 0 fully saturated rings. The van der Waals surface area contributed by atoms with Crippen molar-refractivity contribution in [2.45, 2.75) is 45.7 Å². The molecule has 0 saturated heterocycles. The van der Waals surface area contributed by atoms with Crippen LogP contribution in [0.25, 0.3) is 0 Å². The van der Waals surface area contributed by atoms with Gasteiger partial charge in [-0.25, -0.2) is 13.6 Å². The first kappa shape index (κ1) is 19.8. The van der Waals surface area contributed by atoms with Crippen LogP contribution in [0.4, 0.5) is 25.0 Å². The van der Waals surface area contributed by atoms with Gasteiger partial charge in [-0.3, -0.25) is 4.79 Å². The van der Waals surface area contributed by atoms with Crippen LogP contribution >= 0.6 is 0 Å². The highest BCUT2D eigenvalue weighted by atomic mass is 19.1. The van der Waals surface area contributed by atoms with Crippen molar-refractivity contribution in [3.8, 4) is 0 Å². The minimum atomic E-state index is -0.923. The minimum absolute atomic E-state index is 0.121. The highest BCUT2D eigenvalue weighted by Gasteiger charge is 2.30. The highest BCUT2D eigenvalue weighted by molar-refractivity contribution is 5.97. The van der Waals surface area contributed by atoms with Gasteiger partial charge in [0.2, 0.25) is 5.91 Å². The maximum absolute atomic E-state index is 15.0. The number of amides is 3. The average Bonchev–Trinajstić information content (AvgIpc) is 2.60. The number of nitrogens with zero attached hydrogens (tertiary/aromatic N) is 1. The highest BCUT2D eigenvalue weighted by Crippen LogP contribution is 2.36. The molecule has 1 aliphatic rings. The lowest BCUT2D eigenvalue weighted by atomic mass is 9.98. The summed E-state index contributed by atoms with van der Waals surface area (Å²) in [6, 6.07) is 9.65. The van der Waals surface area contributed by atoms with Crippen molar-refractivity contribution < 1.29 is 18.4 Å². The van der Waals surface area contributed by atoms with Gasteiger partial charge in [0.25, 0.3) is 0 Å². The minimum Gasteiger partial charge on any atom is -0.333 e. The van der Waals surface area contributed by atoms with Crippen molar-refractivity contribution in [2.24, 2.45) is 0 Å².